The number of benzene rings is 1. The highest BCUT2D eigenvalue weighted by molar-refractivity contribution is 7.89. The largest absolute Gasteiger partial charge is 0.329 e. The molecule has 1 aromatic rings. The molecule has 1 aliphatic rings. The van der Waals surface area contributed by atoms with E-state index in [4.69, 9.17) is 5.73 Å². The molecule has 1 saturated carbocycles. The molecule has 0 spiro atoms. The van der Waals surface area contributed by atoms with Crippen LogP contribution in [0.2, 0.25) is 0 Å². The first-order valence-corrected chi connectivity index (χ1v) is 9.02. The number of hydrogen-bond donors (Lipinski definition) is 1. The van der Waals surface area contributed by atoms with Gasteiger partial charge in [-0.3, -0.25) is 0 Å². The number of nitrogens with zero attached hydrogens (tertiary/aromatic N) is 1. The van der Waals surface area contributed by atoms with Gasteiger partial charge in [0.25, 0.3) is 0 Å². The van der Waals surface area contributed by atoms with E-state index in [1.165, 1.54) is 4.31 Å². The fourth-order valence-electron chi connectivity index (χ4n) is 3.07. The smallest absolute Gasteiger partial charge is 0.243 e. The Kier molecular flexibility index (Phi) is 4.76. The van der Waals surface area contributed by atoms with Crippen molar-refractivity contribution in [1.82, 2.24) is 4.31 Å². The highest BCUT2D eigenvalue weighted by Crippen LogP contribution is 2.37. The first-order chi connectivity index (χ1) is 9.82. The van der Waals surface area contributed by atoms with Crippen LogP contribution in [0.4, 0.5) is 0 Å². The van der Waals surface area contributed by atoms with Crippen LogP contribution >= 0.6 is 0 Å². The third-order valence-electron chi connectivity index (χ3n) is 4.93. The molecule has 118 valence electrons. The van der Waals surface area contributed by atoms with E-state index in [0.29, 0.717) is 17.4 Å². The molecule has 0 heterocycles. The van der Waals surface area contributed by atoms with Crippen LogP contribution < -0.4 is 5.73 Å². The lowest BCUT2D eigenvalue weighted by molar-refractivity contribution is 0.135. The lowest BCUT2D eigenvalue weighted by Crippen LogP contribution is -2.55. The van der Waals surface area contributed by atoms with E-state index in [1.54, 1.807) is 19.2 Å². The van der Waals surface area contributed by atoms with E-state index in [0.717, 1.165) is 31.2 Å². The Morgan fingerprint density at radius 2 is 1.76 bits per heavy atom. The zero-order chi connectivity index (χ0) is 15.7. The molecule has 0 unspecified atom stereocenters. The van der Waals surface area contributed by atoms with Crippen molar-refractivity contribution in [3.8, 4) is 0 Å². The SMILES string of the molecule is Cc1ccc(S(=O)(=O)N(C)C2(CN)CCC(C)CC2)cc1. The second-order valence-corrected chi connectivity index (χ2v) is 8.37. The van der Waals surface area contributed by atoms with Gasteiger partial charge in [0.2, 0.25) is 10.0 Å². The summed E-state index contributed by atoms with van der Waals surface area (Å²) < 4.78 is 27.2. The standard InChI is InChI=1S/C16H26N2O2S/c1-13-4-6-15(7-5-13)21(19,20)18(3)16(12-17)10-8-14(2)9-11-16/h4-7,14H,8-12,17H2,1-3H3. The van der Waals surface area contributed by atoms with Crippen molar-refractivity contribution >= 4 is 10.0 Å². The van der Waals surface area contributed by atoms with Gasteiger partial charge in [-0.1, -0.05) is 24.6 Å². The highest BCUT2D eigenvalue weighted by atomic mass is 32.2. The minimum absolute atomic E-state index is 0.349. The highest BCUT2D eigenvalue weighted by Gasteiger charge is 2.42. The van der Waals surface area contributed by atoms with Crippen LogP contribution in [0.3, 0.4) is 0 Å². The monoisotopic (exact) mass is 310 g/mol. The van der Waals surface area contributed by atoms with E-state index in [2.05, 4.69) is 6.92 Å². The summed E-state index contributed by atoms with van der Waals surface area (Å²) in [6, 6.07) is 7.02. The van der Waals surface area contributed by atoms with Crippen LogP contribution in [-0.2, 0) is 10.0 Å². The molecular weight excluding hydrogens is 284 g/mol. The molecule has 2 rings (SSSR count). The fraction of sp³-hybridized carbons (Fsp3) is 0.625. The molecule has 0 saturated heterocycles. The first kappa shape index (κ1) is 16.5. The van der Waals surface area contributed by atoms with Gasteiger partial charge in [0.1, 0.15) is 0 Å². The first-order valence-electron chi connectivity index (χ1n) is 7.57. The number of hydrogen-bond acceptors (Lipinski definition) is 3. The molecule has 2 N–H and O–H groups in total. The molecule has 0 radical (unpaired) electrons. The second-order valence-electron chi connectivity index (χ2n) is 6.40. The van der Waals surface area contributed by atoms with Gasteiger partial charge in [0.05, 0.1) is 4.90 Å². The van der Waals surface area contributed by atoms with Gasteiger partial charge in [-0.15, -0.1) is 0 Å². The second kappa shape index (κ2) is 6.07. The Balaban J connectivity index is 2.32. The van der Waals surface area contributed by atoms with Crippen LogP contribution in [0.5, 0.6) is 0 Å². The molecule has 5 heteroatoms. The Morgan fingerprint density at radius 1 is 1.24 bits per heavy atom. The van der Waals surface area contributed by atoms with E-state index in [9.17, 15) is 8.42 Å². The molecule has 1 aliphatic carbocycles. The van der Waals surface area contributed by atoms with Crippen molar-refractivity contribution in [2.24, 2.45) is 11.7 Å². The summed E-state index contributed by atoms with van der Waals surface area (Å²) in [7, 11) is -1.81. The molecule has 0 aromatic heterocycles. The minimum Gasteiger partial charge on any atom is -0.329 e. The van der Waals surface area contributed by atoms with Gasteiger partial charge < -0.3 is 5.73 Å². The average molecular weight is 310 g/mol. The molecule has 0 amide bonds. The van der Waals surface area contributed by atoms with Crippen molar-refractivity contribution in [2.45, 2.75) is 50.0 Å². The van der Waals surface area contributed by atoms with Gasteiger partial charge in [-0.25, -0.2) is 8.42 Å². The average Bonchev–Trinajstić information content (AvgIpc) is 2.48. The van der Waals surface area contributed by atoms with Gasteiger partial charge in [-0.2, -0.15) is 4.31 Å². The number of likely N-dealkylation sites (N-methyl/N-ethyl adjacent to an activating group) is 1. The van der Waals surface area contributed by atoms with E-state index >= 15 is 0 Å². The van der Waals surface area contributed by atoms with Crippen LogP contribution in [0.15, 0.2) is 29.2 Å². The lowest BCUT2D eigenvalue weighted by Gasteiger charge is -2.44. The summed E-state index contributed by atoms with van der Waals surface area (Å²) in [4.78, 5) is 0.349. The quantitative estimate of drug-likeness (QED) is 0.929. The Morgan fingerprint density at radius 3 is 2.24 bits per heavy atom. The predicted molar refractivity (Wildman–Crippen MR) is 85.5 cm³/mol. The van der Waals surface area contributed by atoms with E-state index in [-0.39, 0.29) is 0 Å². The normalized spacial score (nSPS) is 27.0. The Bertz CT molecular complexity index is 573. The maximum atomic E-state index is 12.9. The summed E-state index contributed by atoms with van der Waals surface area (Å²) in [5, 5.41) is 0. The molecule has 1 aromatic carbocycles. The Labute approximate surface area is 128 Å². The zero-order valence-electron chi connectivity index (χ0n) is 13.2. The predicted octanol–water partition coefficient (Wildman–Crippen LogP) is 2.52. The topological polar surface area (TPSA) is 63.4 Å². The van der Waals surface area contributed by atoms with Crippen molar-refractivity contribution in [2.75, 3.05) is 13.6 Å². The molecule has 21 heavy (non-hydrogen) atoms. The summed E-state index contributed by atoms with van der Waals surface area (Å²) >= 11 is 0. The summed E-state index contributed by atoms with van der Waals surface area (Å²) in [5.41, 5.74) is 6.60. The summed E-state index contributed by atoms with van der Waals surface area (Å²) in [6.45, 7) is 4.54. The summed E-state index contributed by atoms with van der Waals surface area (Å²) in [6.07, 6.45) is 3.74. The number of nitrogens with two attached hydrogens (primary N) is 1. The maximum absolute atomic E-state index is 12.9. The Hall–Kier alpha value is -0.910. The molecular formula is C16H26N2O2S. The van der Waals surface area contributed by atoms with Gasteiger partial charge in [0.15, 0.2) is 0 Å². The molecule has 1 fully saturated rings. The number of aryl methyl sites for hydroxylation is 1. The van der Waals surface area contributed by atoms with Crippen molar-refractivity contribution in [3.63, 3.8) is 0 Å². The molecule has 4 nitrogen and oxygen atoms in total. The molecule has 0 aliphatic heterocycles. The van der Waals surface area contributed by atoms with Gasteiger partial charge in [0, 0.05) is 19.1 Å². The summed E-state index contributed by atoms with van der Waals surface area (Å²) in [5.74, 6) is 0.653. The lowest BCUT2D eigenvalue weighted by atomic mass is 9.77. The third-order valence-corrected chi connectivity index (χ3v) is 6.91. The molecule has 0 atom stereocenters. The van der Waals surface area contributed by atoms with Crippen molar-refractivity contribution in [3.05, 3.63) is 29.8 Å². The van der Waals surface area contributed by atoms with E-state index < -0.39 is 15.6 Å². The van der Waals surface area contributed by atoms with Crippen molar-refractivity contribution in [1.29, 1.82) is 0 Å². The fourth-order valence-corrected chi connectivity index (χ4v) is 4.63. The van der Waals surface area contributed by atoms with Crippen LogP contribution in [0, 0.1) is 12.8 Å². The number of rotatable bonds is 4. The maximum Gasteiger partial charge on any atom is 0.243 e. The third kappa shape index (κ3) is 3.15. The van der Waals surface area contributed by atoms with Crippen LogP contribution in [0.1, 0.15) is 38.2 Å². The number of sulfonamides is 1. The minimum atomic E-state index is -3.49. The van der Waals surface area contributed by atoms with E-state index in [1.807, 2.05) is 19.1 Å². The van der Waals surface area contributed by atoms with Crippen LogP contribution in [0.25, 0.3) is 0 Å². The zero-order valence-corrected chi connectivity index (χ0v) is 14.0. The van der Waals surface area contributed by atoms with Crippen molar-refractivity contribution < 1.29 is 8.42 Å². The van der Waals surface area contributed by atoms with Gasteiger partial charge in [-0.05, 0) is 50.7 Å². The molecule has 0 bridgehead atoms. The van der Waals surface area contributed by atoms with Crippen LogP contribution in [-0.4, -0.2) is 31.9 Å². The van der Waals surface area contributed by atoms with Gasteiger partial charge >= 0.3 is 0 Å².